The zero-order valence-electron chi connectivity index (χ0n) is 28.2. The summed E-state index contributed by atoms with van der Waals surface area (Å²) in [5, 5.41) is 3.71. The molecule has 1 saturated carbocycles. The first-order valence-corrected chi connectivity index (χ1v) is 17.6. The summed E-state index contributed by atoms with van der Waals surface area (Å²) in [6.07, 6.45) is 8.88. The average molecular weight is 646 g/mol. The smallest absolute Gasteiger partial charge is 0.320 e. The first kappa shape index (κ1) is 32.2. The number of likely N-dealkylation sites (tertiary alicyclic amines) is 2. The number of aromatic nitrogens is 4. The van der Waals surface area contributed by atoms with Crippen LogP contribution in [0.2, 0.25) is 0 Å². The minimum absolute atomic E-state index is 0.00449. The van der Waals surface area contributed by atoms with Crippen LogP contribution in [0, 0.1) is 25.2 Å². The van der Waals surface area contributed by atoms with Crippen molar-refractivity contribution in [2.45, 2.75) is 84.0 Å². The Bertz CT molecular complexity index is 1750. The van der Waals surface area contributed by atoms with Gasteiger partial charge in [0.1, 0.15) is 5.82 Å². The van der Waals surface area contributed by atoms with E-state index in [-0.39, 0.29) is 29.1 Å². The molecule has 0 unspecified atom stereocenters. The number of aryl methyl sites for hydroxylation is 2. The molecule has 1 aliphatic carbocycles. The highest BCUT2D eigenvalue weighted by Gasteiger charge is 2.47. The van der Waals surface area contributed by atoms with Gasteiger partial charge in [-0.25, -0.2) is 19.7 Å². The van der Waals surface area contributed by atoms with E-state index in [1.165, 1.54) is 18.4 Å². The van der Waals surface area contributed by atoms with Crippen molar-refractivity contribution < 1.29 is 4.79 Å². The van der Waals surface area contributed by atoms with Crippen molar-refractivity contribution in [3.8, 4) is 11.3 Å². The number of hydrogen-bond donors (Lipinski definition) is 1. The lowest BCUT2D eigenvalue weighted by molar-refractivity contribution is 0.0206. The summed E-state index contributed by atoms with van der Waals surface area (Å²) in [6, 6.07) is 24.4. The first-order valence-electron chi connectivity index (χ1n) is 17.6. The molecule has 48 heavy (non-hydrogen) atoms. The molecule has 3 fully saturated rings. The van der Waals surface area contributed by atoms with Crippen molar-refractivity contribution in [2.75, 3.05) is 19.6 Å². The molecule has 4 aromatic rings. The first-order chi connectivity index (χ1) is 23.4. The highest BCUT2D eigenvalue weighted by atomic mass is 16.2. The molecule has 2 aromatic carbocycles. The maximum Gasteiger partial charge on any atom is 0.320 e. The van der Waals surface area contributed by atoms with Gasteiger partial charge < -0.3 is 15.1 Å². The van der Waals surface area contributed by atoms with E-state index in [4.69, 9.17) is 0 Å². The van der Waals surface area contributed by atoms with Crippen molar-refractivity contribution in [3.05, 3.63) is 112 Å². The van der Waals surface area contributed by atoms with Crippen LogP contribution in [0.5, 0.6) is 0 Å². The Morgan fingerprint density at radius 2 is 1.62 bits per heavy atom. The van der Waals surface area contributed by atoms with Crippen LogP contribution in [-0.2, 0) is 13.1 Å². The molecule has 9 nitrogen and oxygen atoms in total. The van der Waals surface area contributed by atoms with Gasteiger partial charge in [-0.05, 0) is 68.9 Å². The summed E-state index contributed by atoms with van der Waals surface area (Å²) >= 11 is 0. The van der Waals surface area contributed by atoms with Gasteiger partial charge in [-0.15, -0.1) is 0 Å². The van der Waals surface area contributed by atoms with E-state index in [0.717, 1.165) is 61.4 Å². The topological polar surface area (TPSA) is 96.3 Å². The zero-order chi connectivity index (χ0) is 33.1. The van der Waals surface area contributed by atoms with E-state index in [1.807, 2.05) is 56.3 Å². The lowest BCUT2D eigenvalue weighted by Crippen LogP contribution is -2.57. The van der Waals surface area contributed by atoms with Crippen LogP contribution < -0.4 is 10.9 Å². The van der Waals surface area contributed by atoms with Crippen molar-refractivity contribution in [3.63, 3.8) is 0 Å². The third-order valence-electron chi connectivity index (χ3n) is 11.0. The maximum atomic E-state index is 14.5. The molecule has 250 valence electrons. The van der Waals surface area contributed by atoms with Gasteiger partial charge in [0.05, 0.1) is 24.6 Å². The van der Waals surface area contributed by atoms with Crippen molar-refractivity contribution in [1.29, 1.82) is 0 Å². The van der Waals surface area contributed by atoms with Crippen molar-refractivity contribution in [2.24, 2.45) is 11.3 Å². The Kier molecular flexibility index (Phi) is 9.39. The molecule has 0 radical (unpaired) electrons. The van der Waals surface area contributed by atoms with Gasteiger partial charge in [-0.3, -0.25) is 9.36 Å². The van der Waals surface area contributed by atoms with Crippen molar-refractivity contribution in [1.82, 2.24) is 34.6 Å². The monoisotopic (exact) mass is 645 g/mol. The highest BCUT2D eigenvalue weighted by molar-refractivity contribution is 5.75. The second kappa shape index (κ2) is 14.0. The summed E-state index contributed by atoms with van der Waals surface area (Å²) in [4.78, 5) is 45.9. The molecule has 2 aliphatic heterocycles. The Labute approximate surface area is 283 Å². The molecule has 2 saturated heterocycles. The Morgan fingerprint density at radius 1 is 0.917 bits per heavy atom. The number of carbonyl (C=O) groups is 1. The van der Waals surface area contributed by atoms with E-state index in [0.29, 0.717) is 37.8 Å². The summed E-state index contributed by atoms with van der Waals surface area (Å²) in [5.41, 5.74) is 4.81. The molecule has 4 heterocycles. The lowest BCUT2D eigenvalue weighted by Gasteiger charge is -2.49. The largest absolute Gasteiger partial charge is 0.324 e. The molecule has 1 N–H and O–H groups in total. The summed E-state index contributed by atoms with van der Waals surface area (Å²) < 4.78 is 1.79. The van der Waals surface area contributed by atoms with Crippen LogP contribution in [0.4, 0.5) is 4.79 Å². The molecular formula is C39H47N7O2. The van der Waals surface area contributed by atoms with Gasteiger partial charge in [0.2, 0.25) is 0 Å². The Morgan fingerprint density at radius 3 is 2.33 bits per heavy atom. The third-order valence-corrected chi connectivity index (χ3v) is 11.0. The second-order valence-corrected chi connectivity index (χ2v) is 14.2. The van der Waals surface area contributed by atoms with E-state index in [9.17, 15) is 9.59 Å². The van der Waals surface area contributed by atoms with E-state index in [2.05, 4.69) is 54.3 Å². The molecule has 0 bridgehead atoms. The summed E-state index contributed by atoms with van der Waals surface area (Å²) in [6.45, 7) is 7.44. The summed E-state index contributed by atoms with van der Waals surface area (Å²) in [7, 11) is 0. The molecule has 1 spiro atoms. The quantitative estimate of drug-likeness (QED) is 0.253. The van der Waals surface area contributed by atoms with Crippen LogP contribution in [-0.4, -0.2) is 61.0 Å². The lowest BCUT2D eigenvalue weighted by atomic mass is 9.69. The highest BCUT2D eigenvalue weighted by Crippen LogP contribution is 2.49. The summed E-state index contributed by atoms with van der Waals surface area (Å²) in [5.74, 6) is 1.15. The Hall–Kier alpha value is -4.37. The van der Waals surface area contributed by atoms with Gasteiger partial charge in [0.25, 0.3) is 5.56 Å². The van der Waals surface area contributed by atoms with E-state index in [1.54, 1.807) is 17.0 Å². The van der Waals surface area contributed by atoms with Gasteiger partial charge in [0.15, 0.2) is 0 Å². The molecule has 2 aromatic heterocycles. The van der Waals surface area contributed by atoms with Crippen LogP contribution in [0.1, 0.15) is 73.8 Å². The number of urea groups is 1. The maximum absolute atomic E-state index is 14.5. The van der Waals surface area contributed by atoms with Crippen LogP contribution >= 0.6 is 0 Å². The number of amides is 2. The minimum Gasteiger partial charge on any atom is -0.324 e. The molecule has 3 aliphatic rings. The van der Waals surface area contributed by atoms with Gasteiger partial charge in [0, 0.05) is 55.2 Å². The average Bonchev–Trinajstić information content (AvgIpc) is 3.57. The van der Waals surface area contributed by atoms with Gasteiger partial charge >= 0.3 is 6.03 Å². The number of nitrogens with one attached hydrogen (secondary N) is 1. The van der Waals surface area contributed by atoms with E-state index < -0.39 is 0 Å². The molecule has 7 rings (SSSR count). The minimum atomic E-state index is -0.0122. The Balaban J connectivity index is 1.05. The molecule has 9 heteroatoms. The zero-order valence-corrected chi connectivity index (χ0v) is 28.2. The number of hydrogen-bond acceptors (Lipinski definition) is 6. The predicted molar refractivity (Wildman–Crippen MR) is 187 cm³/mol. The number of piperidine rings is 2. The third kappa shape index (κ3) is 6.92. The number of nitrogens with zero attached hydrogens (tertiary/aromatic N) is 6. The molecular weight excluding hydrogens is 598 g/mol. The van der Waals surface area contributed by atoms with Crippen LogP contribution in [0.15, 0.2) is 83.9 Å². The fourth-order valence-electron chi connectivity index (χ4n) is 8.53. The SMILES string of the molecule is Cc1cc(C)nc(CN[C@@H]2CCN(C(=O)N3CC[C@@H](Cn4cnc(-c5ccccc5)cc4=O)C4(CCCC4)C3)[C@H](c3ccccc3)C2)n1. The fraction of sp³-hybridized carbons (Fsp3) is 0.462. The standard InChI is InChI=1S/C39H47N7O2/c1-28-21-29(2)43-36(42-28)24-40-33-16-20-46(35(22-33)31-13-7-4-8-14-31)38(48)44-19-15-32(39(26-44)17-9-10-18-39)25-45-27-41-34(23-37(45)47)30-11-5-3-6-12-30/h3-8,11-14,21,23,27,32-33,35,40H,9-10,15-20,22,24-26H2,1-2H3/t32-,33+,35-/m0/s1. The number of rotatable bonds is 7. The second-order valence-electron chi connectivity index (χ2n) is 14.2. The molecule has 2 amide bonds. The van der Waals surface area contributed by atoms with Crippen molar-refractivity contribution >= 4 is 6.03 Å². The normalized spacial score (nSPS) is 22.2. The molecule has 3 atom stereocenters. The van der Waals surface area contributed by atoms with Crippen LogP contribution in [0.25, 0.3) is 11.3 Å². The number of carbonyl (C=O) groups excluding carboxylic acids is 1. The number of benzene rings is 2. The van der Waals surface area contributed by atoms with Gasteiger partial charge in [-0.1, -0.05) is 73.5 Å². The predicted octanol–water partition coefficient (Wildman–Crippen LogP) is 6.31. The van der Waals surface area contributed by atoms with E-state index >= 15 is 0 Å². The van der Waals surface area contributed by atoms with Crippen LogP contribution in [0.3, 0.4) is 0 Å². The fourth-order valence-corrected chi connectivity index (χ4v) is 8.53. The van der Waals surface area contributed by atoms with Gasteiger partial charge in [-0.2, -0.15) is 0 Å².